The van der Waals surface area contributed by atoms with Crippen LogP contribution in [-0.4, -0.2) is 87.7 Å². The summed E-state index contributed by atoms with van der Waals surface area (Å²) >= 11 is 0. The summed E-state index contributed by atoms with van der Waals surface area (Å²) < 4.78 is 4.97. The average Bonchev–Trinajstić information content (AvgIpc) is 2.72. The maximum atomic E-state index is 12.0. The zero-order chi connectivity index (χ0) is 21.8. The molecule has 0 atom stereocenters. The quantitative estimate of drug-likeness (QED) is 0.344. The summed E-state index contributed by atoms with van der Waals surface area (Å²) in [5.41, 5.74) is 1.43. The average molecular weight is 418 g/mol. The van der Waals surface area contributed by atoms with Crippen molar-refractivity contribution in [1.82, 2.24) is 20.4 Å². The molecule has 0 saturated carbocycles. The van der Waals surface area contributed by atoms with Crippen molar-refractivity contribution in [2.24, 2.45) is 10.4 Å². The Morgan fingerprint density at radius 1 is 1.13 bits per heavy atom. The fourth-order valence-corrected chi connectivity index (χ4v) is 3.59. The van der Waals surface area contributed by atoms with Crippen molar-refractivity contribution in [3.05, 3.63) is 35.9 Å². The van der Waals surface area contributed by atoms with Crippen molar-refractivity contribution >= 4 is 11.9 Å². The van der Waals surface area contributed by atoms with Crippen LogP contribution in [0.5, 0.6) is 0 Å². The highest BCUT2D eigenvalue weighted by atomic mass is 16.5. The fraction of sp³-hybridized carbons (Fsp3) is 0.652. The number of nitrogens with one attached hydrogen (secondary N) is 2. The molecule has 2 rings (SSSR count). The molecule has 0 aliphatic carbocycles. The first-order valence-electron chi connectivity index (χ1n) is 11.0. The SMILES string of the molecule is CCNC(=NCC(C)(C)Cc1ccccc1)N1CCN(CC(=O)NCCOC)CC1. The van der Waals surface area contributed by atoms with Crippen LogP contribution in [0.1, 0.15) is 26.3 Å². The zero-order valence-corrected chi connectivity index (χ0v) is 19.1. The third kappa shape index (κ3) is 8.71. The van der Waals surface area contributed by atoms with Crippen LogP contribution in [0.15, 0.2) is 35.3 Å². The van der Waals surface area contributed by atoms with Crippen LogP contribution in [0.2, 0.25) is 0 Å². The lowest BCUT2D eigenvalue weighted by molar-refractivity contribution is -0.122. The number of methoxy groups -OCH3 is 1. The van der Waals surface area contributed by atoms with Crippen LogP contribution in [0.25, 0.3) is 0 Å². The molecule has 0 bridgehead atoms. The number of amides is 1. The highest BCUT2D eigenvalue weighted by Crippen LogP contribution is 2.22. The van der Waals surface area contributed by atoms with Gasteiger partial charge >= 0.3 is 0 Å². The molecule has 1 saturated heterocycles. The van der Waals surface area contributed by atoms with Crippen molar-refractivity contribution in [3.8, 4) is 0 Å². The van der Waals surface area contributed by atoms with E-state index >= 15 is 0 Å². The predicted molar refractivity (Wildman–Crippen MR) is 123 cm³/mol. The molecule has 0 aromatic heterocycles. The maximum Gasteiger partial charge on any atom is 0.234 e. The molecular weight excluding hydrogens is 378 g/mol. The lowest BCUT2D eigenvalue weighted by Crippen LogP contribution is -2.54. The van der Waals surface area contributed by atoms with Crippen LogP contribution < -0.4 is 10.6 Å². The molecule has 1 heterocycles. The van der Waals surface area contributed by atoms with E-state index in [9.17, 15) is 4.79 Å². The van der Waals surface area contributed by atoms with Gasteiger partial charge in [-0.05, 0) is 24.3 Å². The van der Waals surface area contributed by atoms with Crippen LogP contribution in [0.3, 0.4) is 0 Å². The van der Waals surface area contributed by atoms with E-state index in [1.165, 1.54) is 5.56 Å². The molecule has 30 heavy (non-hydrogen) atoms. The molecule has 1 aliphatic rings. The Balaban J connectivity index is 1.85. The number of guanidine groups is 1. The molecule has 0 unspecified atom stereocenters. The lowest BCUT2D eigenvalue weighted by atomic mass is 9.86. The molecule has 2 N–H and O–H groups in total. The normalized spacial score (nSPS) is 15.9. The standard InChI is InChI=1S/C23H39N5O2/c1-5-24-22(26-19-23(2,3)17-20-9-7-6-8-10-20)28-14-12-27(13-15-28)18-21(29)25-11-16-30-4/h6-10H,5,11-19H2,1-4H3,(H,24,26)(H,25,29). The topological polar surface area (TPSA) is 69.2 Å². The monoisotopic (exact) mass is 417 g/mol. The number of carbonyl (C=O) groups is 1. The summed E-state index contributed by atoms with van der Waals surface area (Å²) in [5.74, 6) is 1.03. The van der Waals surface area contributed by atoms with Gasteiger partial charge in [-0.1, -0.05) is 44.2 Å². The van der Waals surface area contributed by atoms with E-state index in [2.05, 4.69) is 71.5 Å². The minimum absolute atomic E-state index is 0.0590. The summed E-state index contributed by atoms with van der Waals surface area (Å²) in [6, 6.07) is 10.6. The summed E-state index contributed by atoms with van der Waals surface area (Å²) in [5, 5.41) is 6.33. The molecule has 7 nitrogen and oxygen atoms in total. The van der Waals surface area contributed by atoms with Crippen molar-refractivity contribution < 1.29 is 9.53 Å². The molecule has 1 amide bonds. The van der Waals surface area contributed by atoms with Gasteiger partial charge in [0, 0.05) is 52.9 Å². The molecule has 168 valence electrons. The Morgan fingerprint density at radius 2 is 1.83 bits per heavy atom. The molecule has 1 aromatic carbocycles. The highest BCUT2D eigenvalue weighted by molar-refractivity contribution is 5.80. The molecule has 1 aliphatic heterocycles. The molecule has 0 spiro atoms. The van der Waals surface area contributed by atoms with Gasteiger partial charge in [0.05, 0.1) is 13.2 Å². The number of hydrogen-bond acceptors (Lipinski definition) is 4. The summed E-state index contributed by atoms with van der Waals surface area (Å²) in [6.07, 6.45) is 1.00. The van der Waals surface area contributed by atoms with Crippen molar-refractivity contribution in [1.29, 1.82) is 0 Å². The van der Waals surface area contributed by atoms with Crippen LogP contribution in [0, 0.1) is 5.41 Å². The molecule has 7 heteroatoms. The van der Waals surface area contributed by atoms with E-state index in [1.807, 2.05) is 0 Å². The summed E-state index contributed by atoms with van der Waals surface area (Å²) in [6.45, 7) is 13.3. The Morgan fingerprint density at radius 3 is 2.47 bits per heavy atom. The minimum Gasteiger partial charge on any atom is -0.383 e. The number of ether oxygens (including phenoxy) is 1. The van der Waals surface area contributed by atoms with E-state index in [4.69, 9.17) is 9.73 Å². The van der Waals surface area contributed by atoms with E-state index in [0.29, 0.717) is 19.7 Å². The number of hydrogen-bond donors (Lipinski definition) is 2. The smallest absolute Gasteiger partial charge is 0.234 e. The van der Waals surface area contributed by atoms with Gasteiger partial charge < -0.3 is 20.3 Å². The largest absolute Gasteiger partial charge is 0.383 e. The van der Waals surface area contributed by atoms with E-state index < -0.39 is 0 Å². The number of nitrogens with zero attached hydrogens (tertiary/aromatic N) is 3. The number of rotatable bonds is 10. The number of benzene rings is 1. The Bertz CT molecular complexity index is 655. The number of piperazine rings is 1. The first kappa shape index (κ1) is 24.2. The second-order valence-corrected chi connectivity index (χ2v) is 8.60. The van der Waals surface area contributed by atoms with Crippen molar-refractivity contribution in [3.63, 3.8) is 0 Å². The van der Waals surface area contributed by atoms with Gasteiger partial charge in [-0.15, -0.1) is 0 Å². The van der Waals surface area contributed by atoms with E-state index in [-0.39, 0.29) is 11.3 Å². The second kappa shape index (κ2) is 12.5. The Kier molecular flexibility index (Phi) is 10.1. The van der Waals surface area contributed by atoms with Gasteiger partial charge in [0.25, 0.3) is 0 Å². The summed E-state index contributed by atoms with van der Waals surface area (Å²) in [7, 11) is 1.64. The fourth-order valence-electron chi connectivity index (χ4n) is 3.59. The van der Waals surface area contributed by atoms with Crippen LogP contribution >= 0.6 is 0 Å². The molecular formula is C23H39N5O2. The van der Waals surface area contributed by atoms with Gasteiger partial charge in [-0.3, -0.25) is 14.7 Å². The second-order valence-electron chi connectivity index (χ2n) is 8.60. The molecule has 0 radical (unpaired) electrons. The van der Waals surface area contributed by atoms with E-state index in [1.54, 1.807) is 7.11 Å². The number of aliphatic imine (C=N–C) groups is 1. The predicted octanol–water partition coefficient (Wildman–Crippen LogP) is 1.60. The Labute approximate surface area is 181 Å². The minimum atomic E-state index is 0.0590. The summed E-state index contributed by atoms with van der Waals surface area (Å²) in [4.78, 5) is 21.5. The van der Waals surface area contributed by atoms with Crippen molar-refractivity contribution in [2.75, 3.05) is 66.1 Å². The van der Waals surface area contributed by atoms with Gasteiger partial charge in [-0.25, -0.2) is 0 Å². The molecule has 1 fully saturated rings. The first-order valence-corrected chi connectivity index (χ1v) is 11.0. The third-order valence-electron chi connectivity index (χ3n) is 5.18. The van der Waals surface area contributed by atoms with Gasteiger partial charge in [0.1, 0.15) is 0 Å². The molecule has 1 aromatic rings. The maximum absolute atomic E-state index is 12.0. The van der Waals surface area contributed by atoms with E-state index in [0.717, 1.165) is 51.6 Å². The van der Waals surface area contributed by atoms with Gasteiger partial charge in [0.15, 0.2) is 5.96 Å². The van der Waals surface area contributed by atoms with Crippen molar-refractivity contribution in [2.45, 2.75) is 27.2 Å². The lowest BCUT2D eigenvalue weighted by Gasteiger charge is -2.36. The Hall–Kier alpha value is -2.12. The van der Waals surface area contributed by atoms with Gasteiger partial charge in [-0.2, -0.15) is 0 Å². The number of carbonyl (C=O) groups excluding carboxylic acids is 1. The van der Waals surface area contributed by atoms with Gasteiger partial charge in [0.2, 0.25) is 5.91 Å². The first-order chi connectivity index (χ1) is 14.4. The highest BCUT2D eigenvalue weighted by Gasteiger charge is 2.23. The van der Waals surface area contributed by atoms with Crippen LogP contribution in [0.4, 0.5) is 0 Å². The van der Waals surface area contributed by atoms with Crippen LogP contribution in [-0.2, 0) is 16.0 Å². The zero-order valence-electron chi connectivity index (χ0n) is 19.1. The third-order valence-corrected chi connectivity index (χ3v) is 5.18.